The first-order valence-electron chi connectivity index (χ1n) is 8.97. The van der Waals surface area contributed by atoms with Crippen molar-refractivity contribution in [3.8, 4) is 0 Å². The monoisotopic (exact) mass is 393 g/mol. The second-order valence-electron chi connectivity index (χ2n) is 7.45. The van der Waals surface area contributed by atoms with Crippen molar-refractivity contribution < 1.29 is 12.9 Å². The minimum atomic E-state index is -3.69. The molecule has 0 unspecified atom stereocenters. The van der Waals surface area contributed by atoms with Gasteiger partial charge < -0.3 is 9.42 Å². The fourth-order valence-electron chi connectivity index (χ4n) is 3.74. The highest BCUT2D eigenvalue weighted by molar-refractivity contribution is 7.89. The maximum absolute atomic E-state index is 12.9. The fourth-order valence-corrected chi connectivity index (χ4v) is 5.37. The Morgan fingerprint density at radius 1 is 1.26 bits per heavy atom. The van der Waals surface area contributed by atoms with Crippen LogP contribution in [-0.2, 0) is 16.6 Å². The Hall–Kier alpha value is -1.81. The number of aryl methyl sites for hydroxylation is 2. The van der Waals surface area contributed by atoms with Crippen LogP contribution in [0, 0.1) is 19.8 Å². The van der Waals surface area contributed by atoms with Gasteiger partial charge in [0.1, 0.15) is 10.6 Å². The predicted molar refractivity (Wildman–Crippen MR) is 102 cm³/mol. The van der Waals surface area contributed by atoms with E-state index in [-0.39, 0.29) is 16.9 Å². The van der Waals surface area contributed by atoms with Crippen LogP contribution >= 0.6 is 0 Å². The molecular weight excluding hydrogens is 366 g/mol. The lowest BCUT2D eigenvalue weighted by molar-refractivity contribution is 0.283. The topological polar surface area (TPSA) is 91.6 Å². The van der Waals surface area contributed by atoms with Gasteiger partial charge in [-0.25, -0.2) is 13.1 Å². The minimum absolute atomic E-state index is 0.152. The summed E-state index contributed by atoms with van der Waals surface area (Å²) in [4.78, 5) is 8.58. The third kappa shape index (κ3) is 4.73. The van der Waals surface area contributed by atoms with E-state index < -0.39 is 10.0 Å². The highest BCUT2D eigenvalue weighted by Crippen LogP contribution is 2.24. The largest absolute Gasteiger partial charge is 0.360 e. The van der Waals surface area contributed by atoms with Crippen LogP contribution in [0.4, 0.5) is 0 Å². The molecule has 0 amide bonds. The number of likely N-dealkylation sites (tertiary alicyclic amines) is 1. The molecule has 9 heteroatoms. The van der Waals surface area contributed by atoms with Gasteiger partial charge in [0.05, 0.1) is 0 Å². The average molecular weight is 394 g/mol. The Bertz CT molecular complexity index is 847. The van der Waals surface area contributed by atoms with Crippen molar-refractivity contribution in [2.45, 2.75) is 31.3 Å². The molecule has 148 valence electrons. The molecule has 1 aliphatic rings. The third-order valence-electron chi connectivity index (χ3n) is 4.81. The molecule has 0 bridgehead atoms. The smallest absolute Gasteiger partial charge is 0.246 e. The van der Waals surface area contributed by atoms with Gasteiger partial charge in [0.2, 0.25) is 10.0 Å². The summed E-state index contributed by atoms with van der Waals surface area (Å²) in [7, 11) is 0.323. The molecule has 2 atom stereocenters. The van der Waals surface area contributed by atoms with Crippen LogP contribution in [0.1, 0.15) is 17.0 Å². The second-order valence-corrected chi connectivity index (χ2v) is 9.10. The summed E-state index contributed by atoms with van der Waals surface area (Å²) in [5.74, 6) is 0.507. The van der Waals surface area contributed by atoms with Gasteiger partial charge >= 0.3 is 0 Å². The van der Waals surface area contributed by atoms with Gasteiger partial charge in [0.15, 0.2) is 5.76 Å². The molecule has 2 aromatic rings. The summed E-state index contributed by atoms with van der Waals surface area (Å²) in [6.45, 7) is 6.33. The van der Waals surface area contributed by atoms with Crippen LogP contribution < -0.4 is 4.72 Å². The van der Waals surface area contributed by atoms with E-state index in [1.807, 2.05) is 26.2 Å². The van der Waals surface area contributed by atoms with Crippen LogP contribution in [0.25, 0.3) is 0 Å². The summed E-state index contributed by atoms with van der Waals surface area (Å²) in [5, 5.41) is 3.78. The molecule has 1 saturated heterocycles. The van der Waals surface area contributed by atoms with Gasteiger partial charge in [-0.1, -0.05) is 5.16 Å². The highest BCUT2D eigenvalue weighted by Gasteiger charge is 2.37. The molecular formula is C18H27N5O3S. The molecule has 0 aliphatic carbocycles. The van der Waals surface area contributed by atoms with Crippen molar-refractivity contribution in [3.63, 3.8) is 0 Å². The Kier molecular flexibility index (Phi) is 5.95. The molecule has 2 aromatic heterocycles. The van der Waals surface area contributed by atoms with Crippen molar-refractivity contribution in [1.82, 2.24) is 24.7 Å². The molecule has 1 aliphatic heterocycles. The summed E-state index contributed by atoms with van der Waals surface area (Å²) in [6, 6.07) is 3.80. The van der Waals surface area contributed by atoms with E-state index >= 15 is 0 Å². The van der Waals surface area contributed by atoms with Crippen LogP contribution in [0.2, 0.25) is 0 Å². The van der Waals surface area contributed by atoms with E-state index in [9.17, 15) is 8.42 Å². The van der Waals surface area contributed by atoms with Crippen LogP contribution in [0.5, 0.6) is 0 Å². The molecule has 1 fully saturated rings. The first-order valence-corrected chi connectivity index (χ1v) is 10.5. The molecule has 27 heavy (non-hydrogen) atoms. The summed E-state index contributed by atoms with van der Waals surface area (Å²) in [6.07, 6.45) is 3.56. The Labute approximate surface area is 160 Å². The zero-order chi connectivity index (χ0) is 19.6. The molecule has 3 heterocycles. The molecule has 0 aromatic carbocycles. The van der Waals surface area contributed by atoms with Crippen molar-refractivity contribution in [2.24, 2.45) is 5.92 Å². The van der Waals surface area contributed by atoms with E-state index in [1.165, 1.54) is 5.56 Å². The molecule has 3 rings (SSSR count). The quantitative estimate of drug-likeness (QED) is 0.751. The molecule has 1 N–H and O–H groups in total. The first-order chi connectivity index (χ1) is 12.8. The van der Waals surface area contributed by atoms with Crippen molar-refractivity contribution in [1.29, 1.82) is 0 Å². The number of rotatable bonds is 7. The number of aromatic nitrogens is 2. The van der Waals surface area contributed by atoms with E-state index in [1.54, 1.807) is 26.2 Å². The van der Waals surface area contributed by atoms with E-state index in [2.05, 4.69) is 24.7 Å². The van der Waals surface area contributed by atoms with Crippen LogP contribution in [0.15, 0.2) is 33.9 Å². The van der Waals surface area contributed by atoms with Gasteiger partial charge in [-0.15, -0.1) is 0 Å². The lowest BCUT2D eigenvalue weighted by Gasteiger charge is -2.22. The number of nitrogens with zero attached hydrogens (tertiary/aromatic N) is 4. The molecule has 0 radical (unpaired) electrons. The van der Waals surface area contributed by atoms with Crippen molar-refractivity contribution >= 4 is 10.0 Å². The summed E-state index contributed by atoms with van der Waals surface area (Å²) < 4.78 is 33.8. The van der Waals surface area contributed by atoms with Crippen molar-refractivity contribution in [3.05, 3.63) is 41.5 Å². The average Bonchev–Trinajstić information content (AvgIpc) is 3.10. The number of pyridine rings is 1. The van der Waals surface area contributed by atoms with E-state index in [0.717, 1.165) is 19.6 Å². The number of nitrogens with one attached hydrogen (secondary N) is 1. The normalized spacial score (nSPS) is 21.2. The van der Waals surface area contributed by atoms with Gasteiger partial charge in [-0.3, -0.25) is 9.88 Å². The number of sulfonamides is 1. The Balaban J connectivity index is 1.77. The molecule has 0 spiro atoms. The van der Waals surface area contributed by atoms with Gasteiger partial charge in [0.25, 0.3) is 0 Å². The highest BCUT2D eigenvalue weighted by atomic mass is 32.2. The second kappa shape index (κ2) is 8.05. The lowest BCUT2D eigenvalue weighted by atomic mass is 10.0. The molecule has 8 nitrogen and oxygen atoms in total. The van der Waals surface area contributed by atoms with Crippen LogP contribution in [0.3, 0.4) is 0 Å². The van der Waals surface area contributed by atoms with Gasteiger partial charge in [-0.2, -0.15) is 0 Å². The van der Waals surface area contributed by atoms with Crippen molar-refractivity contribution in [2.75, 3.05) is 33.7 Å². The number of hydrogen-bond donors (Lipinski definition) is 1. The molecule has 0 saturated carbocycles. The van der Waals surface area contributed by atoms with E-state index in [0.29, 0.717) is 18.0 Å². The Morgan fingerprint density at radius 2 is 1.96 bits per heavy atom. The Morgan fingerprint density at radius 3 is 2.56 bits per heavy atom. The summed E-state index contributed by atoms with van der Waals surface area (Å²) in [5.41, 5.74) is 1.55. The SMILES string of the molecule is Cc1noc(C)c1S(=O)(=O)N[C@@H]1CN(Cc2ccncc2)C[C@H]1CN(C)C. The zero-order valence-corrected chi connectivity index (χ0v) is 17.0. The first kappa shape index (κ1) is 19.9. The zero-order valence-electron chi connectivity index (χ0n) is 16.2. The fraction of sp³-hybridized carbons (Fsp3) is 0.556. The van der Waals surface area contributed by atoms with Gasteiger partial charge in [0, 0.05) is 50.5 Å². The maximum atomic E-state index is 12.9. The third-order valence-corrected chi connectivity index (χ3v) is 6.55. The summed E-state index contributed by atoms with van der Waals surface area (Å²) >= 11 is 0. The predicted octanol–water partition coefficient (Wildman–Crippen LogP) is 1.03. The van der Waals surface area contributed by atoms with E-state index in [4.69, 9.17) is 4.52 Å². The minimum Gasteiger partial charge on any atom is -0.360 e. The number of hydrogen-bond acceptors (Lipinski definition) is 7. The van der Waals surface area contributed by atoms with Gasteiger partial charge in [-0.05, 0) is 45.6 Å². The standard InChI is InChI=1S/C18H27N5O3S/c1-13-18(14(2)26-20-13)27(24,25)21-17-12-23(11-16(17)10-22(3)4)9-15-5-7-19-8-6-15/h5-8,16-17,21H,9-12H2,1-4H3/t16-,17-/m1/s1. The maximum Gasteiger partial charge on any atom is 0.246 e. The lowest BCUT2D eigenvalue weighted by Crippen LogP contribution is -2.43. The van der Waals surface area contributed by atoms with Crippen LogP contribution in [-0.4, -0.2) is 68.1 Å².